The fourth-order valence-corrected chi connectivity index (χ4v) is 2.65. The molecule has 2 rings (SSSR count). The standard InChI is InChI=1S/C15H21F2N3O/c1-2-19-7-9-20(10-8-19)6-5-15(21)18-12-3-4-13(16)14(17)11-12/h3-4,11H,2,5-10H2,1H3,(H,18,21)/p+2. The van der Waals surface area contributed by atoms with Crippen LogP contribution in [0.3, 0.4) is 0 Å². The largest absolute Gasteiger partial charge is 0.326 e. The van der Waals surface area contributed by atoms with E-state index in [1.807, 2.05) is 0 Å². The molecule has 0 aliphatic carbocycles. The predicted molar refractivity (Wildman–Crippen MR) is 76.4 cm³/mol. The maximum atomic E-state index is 13.0. The number of hydrogen-bond acceptors (Lipinski definition) is 1. The van der Waals surface area contributed by atoms with Crippen LogP contribution in [-0.4, -0.2) is 45.2 Å². The smallest absolute Gasteiger partial charge is 0.230 e. The lowest BCUT2D eigenvalue weighted by Gasteiger charge is -2.28. The van der Waals surface area contributed by atoms with Crippen molar-refractivity contribution in [1.82, 2.24) is 0 Å². The van der Waals surface area contributed by atoms with Crippen LogP contribution in [0.2, 0.25) is 0 Å². The molecule has 0 spiro atoms. The molecule has 3 N–H and O–H groups in total. The van der Waals surface area contributed by atoms with Crippen molar-refractivity contribution in [3.63, 3.8) is 0 Å². The number of carbonyl (C=O) groups is 1. The van der Waals surface area contributed by atoms with Crippen LogP contribution in [0.15, 0.2) is 18.2 Å². The molecule has 21 heavy (non-hydrogen) atoms. The van der Waals surface area contributed by atoms with Crippen molar-refractivity contribution >= 4 is 11.6 Å². The number of amides is 1. The zero-order valence-electron chi connectivity index (χ0n) is 12.3. The lowest BCUT2D eigenvalue weighted by molar-refractivity contribution is -1.01. The van der Waals surface area contributed by atoms with Crippen molar-refractivity contribution in [2.75, 3.05) is 44.6 Å². The van der Waals surface area contributed by atoms with E-state index in [0.717, 1.165) is 51.4 Å². The van der Waals surface area contributed by atoms with Crippen molar-refractivity contribution in [3.05, 3.63) is 29.8 Å². The van der Waals surface area contributed by atoms with Gasteiger partial charge in [0.15, 0.2) is 11.6 Å². The highest BCUT2D eigenvalue weighted by Gasteiger charge is 2.21. The Morgan fingerprint density at radius 2 is 1.81 bits per heavy atom. The van der Waals surface area contributed by atoms with Gasteiger partial charge in [0.25, 0.3) is 0 Å². The molecular formula is C15H23F2N3O+2. The fraction of sp³-hybridized carbons (Fsp3) is 0.533. The van der Waals surface area contributed by atoms with E-state index in [0.29, 0.717) is 12.1 Å². The highest BCUT2D eigenvalue weighted by molar-refractivity contribution is 5.90. The van der Waals surface area contributed by atoms with Crippen LogP contribution in [0.1, 0.15) is 13.3 Å². The number of halogens is 2. The molecule has 1 saturated heterocycles. The second-order valence-electron chi connectivity index (χ2n) is 5.53. The molecular weight excluding hydrogens is 276 g/mol. The highest BCUT2D eigenvalue weighted by atomic mass is 19.2. The molecule has 6 heteroatoms. The fourth-order valence-electron chi connectivity index (χ4n) is 2.65. The summed E-state index contributed by atoms with van der Waals surface area (Å²) in [5, 5.41) is 2.61. The van der Waals surface area contributed by atoms with E-state index in [9.17, 15) is 13.6 Å². The van der Waals surface area contributed by atoms with Crippen molar-refractivity contribution in [2.24, 2.45) is 0 Å². The highest BCUT2D eigenvalue weighted by Crippen LogP contribution is 2.12. The normalized spacial score (nSPS) is 22.0. The quantitative estimate of drug-likeness (QED) is 0.647. The van der Waals surface area contributed by atoms with E-state index >= 15 is 0 Å². The monoisotopic (exact) mass is 299 g/mol. The molecule has 1 aromatic rings. The molecule has 0 aromatic heterocycles. The molecule has 0 bridgehead atoms. The van der Waals surface area contributed by atoms with Crippen molar-refractivity contribution < 1.29 is 23.4 Å². The van der Waals surface area contributed by atoms with E-state index in [1.165, 1.54) is 11.0 Å². The van der Waals surface area contributed by atoms with Gasteiger partial charge in [-0.05, 0) is 19.1 Å². The summed E-state index contributed by atoms with van der Waals surface area (Å²) in [7, 11) is 0. The Bertz CT molecular complexity index is 488. The summed E-state index contributed by atoms with van der Waals surface area (Å²) < 4.78 is 25.8. The van der Waals surface area contributed by atoms with E-state index in [-0.39, 0.29) is 5.91 Å². The third-order valence-electron chi connectivity index (χ3n) is 4.07. The van der Waals surface area contributed by atoms with Crippen LogP contribution in [0.25, 0.3) is 0 Å². The second kappa shape index (κ2) is 7.47. The average Bonchev–Trinajstić information content (AvgIpc) is 2.49. The first-order chi connectivity index (χ1) is 10.1. The minimum atomic E-state index is -0.947. The Morgan fingerprint density at radius 1 is 1.14 bits per heavy atom. The first-order valence-corrected chi connectivity index (χ1v) is 7.50. The summed E-state index contributed by atoms with van der Waals surface area (Å²) in [4.78, 5) is 14.9. The molecule has 1 aliphatic heterocycles. The third-order valence-corrected chi connectivity index (χ3v) is 4.07. The number of benzene rings is 1. The first kappa shape index (κ1) is 15.9. The number of rotatable bonds is 5. The lowest BCUT2D eigenvalue weighted by atomic mass is 10.2. The van der Waals surface area contributed by atoms with Crippen LogP contribution >= 0.6 is 0 Å². The predicted octanol–water partition coefficient (Wildman–Crippen LogP) is -0.903. The molecule has 1 fully saturated rings. The number of anilines is 1. The molecule has 0 atom stereocenters. The molecule has 1 heterocycles. The van der Waals surface area contributed by atoms with Crippen molar-refractivity contribution in [2.45, 2.75) is 13.3 Å². The van der Waals surface area contributed by atoms with Gasteiger partial charge in [0.2, 0.25) is 5.91 Å². The zero-order valence-corrected chi connectivity index (χ0v) is 12.3. The summed E-state index contributed by atoms with van der Waals surface area (Å²) in [5.41, 5.74) is 0.300. The van der Waals surface area contributed by atoms with Gasteiger partial charge in [-0.15, -0.1) is 0 Å². The van der Waals surface area contributed by atoms with Gasteiger partial charge in [-0.1, -0.05) is 0 Å². The van der Waals surface area contributed by atoms with Crippen LogP contribution in [0, 0.1) is 11.6 Å². The number of nitrogens with one attached hydrogen (secondary N) is 3. The van der Waals surface area contributed by atoms with Gasteiger partial charge in [0, 0.05) is 11.8 Å². The summed E-state index contributed by atoms with van der Waals surface area (Å²) in [6, 6.07) is 3.39. The van der Waals surface area contributed by atoms with Crippen LogP contribution in [-0.2, 0) is 4.79 Å². The molecule has 0 radical (unpaired) electrons. The summed E-state index contributed by atoms with van der Waals surface area (Å²) >= 11 is 0. The number of likely N-dealkylation sites (N-methyl/N-ethyl adjacent to an activating group) is 1. The van der Waals surface area contributed by atoms with Crippen LogP contribution in [0.5, 0.6) is 0 Å². The second-order valence-corrected chi connectivity index (χ2v) is 5.53. The van der Waals surface area contributed by atoms with Crippen LogP contribution < -0.4 is 15.1 Å². The van der Waals surface area contributed by atoms with Gasteiger partial charge in [0.05, 0.1) is 19.5 Å². The Labute approximate surface area is 123 Å². The Kier molecular flexibility index (Phi) is 5.64. The van der Waals surface area contributed by atoms with E-state index in [4.69, 9.17) is 0 Å². The molecule has 1 amide bonds. The lowest BCUT2D eigenvalue weighted by Crippen LogP contribution is -3.28. The Morgan fingerprint density at radius 3 is 2.43 bits per heavy atom. The van der Waals surface area contributed by atoms with E-state index in [1.54, 1.807) is 4.90 Å². The maximum absolute atomic E-state index is 13.0. The molecule has 1 aliphatic rings. The molecule has 1 aromatic carbocycles. The Balaban J connectivity index is 1.73. The van der Waals surface area contributed by atoms with E-state index in [2.05, 4.69) is 12.2 Å². The average molecular weight is 299 g/mol. The van der Waals surface area contributed by atoms with Crippen molar-refractivity contribution in [1.29, 1.82) is 0 Å². The third kappa shape index (κ3) is 4.75. The number of quaternary nitrogens is 2. The van der Waals surface area contributed by atoms with Gasteiger partial charge in [-0.3, -0.25) is 4.79 Å². The number of hydrogen-bond donors (Lipinski definition) is 3. The topological polar surface area (TPSA) is 38.0 Å². The van der Waals surface area contributed by atoms with Gasteiger partial charge >= 0.3 is 0 Å². The van der Waals surface area contributed by atoms with Crippen LogP contribution in [0.4, 0.5) is 14.5 Å². The minimum Gasteiger partial charge on any atom is -0.326 e. The zero-order chi connectivity index (χ0) is 15.2. The molecule has 0 saturated carbocycles. The molecule has 4 nitrogen and oxygen atoms in total. The number of carbonyl (C=O) groups excluding carboxylic acids is 1. The number of piperazine rings is 1. The van der Waals surface area contributed by atoms with Gasteiger partial charge in [-0.25, -0.2) is 8.78 Å². The van der Waals surface area contributed by atoms with Gasteiger partial charge < -0.3 is 15.1 Å². The van der Waals surface area contributed by atoms with Crippen molar-refractivity contribution in [3.8, 4) is 0 Å². The Hall–Kier alpha value is -1.53. The summed E-state index contributed by atoms with van der Waals surface area (Å²) in [6.07, 6.45) is 0.399. The first-order valence-electron chi connectivity index (χ1n) is 7.50. The molecule has 116 valence electrons. The maximum Gasteiger partial charge on any atom is 0.230 e. The summed E-state index contributed by atoms with van der Waals surface area (Å²) in [6.45, 7) is 8.60. The molecule has 0 unspecified atom stereocenters. The van der Waals surface area contributed by atoms with Gasteiger partial charge in [-0.2, -0.15) is 0 Å². The summed E-state index contributed by atoms with van der Waals surface area (Å²) in [5.74, 6) is -2.01. The van der Waals surface area contributed by atoms with Gasteiger partial charge in [0.1, 0.15) is 26.2 Å². The SMILES string of the molecule is CC[NH+]1CC[NH+](CCC(=O)Nc2ccc(F)c(F)c2)CC1. The van der Waals surface area contributed by atoms with E-state index < -0.39 is 11.6 Å². The minimum absolute atomic E-state index is 0.154.